The lowest BCUT2D eigenvalue weighted by Gasteiger charge is -2.45. The maximum atomic E-state index is 14.8. The third-order valence-corrected chi connectivity index (χ3v) is 6.33. The van der Waals surface area contributed by atoms with Crippen molar-refractivity contribution >= 4 is 17.3 Å². The lowest BCUT2D eigenvalue weighted by molar-refractivity contribution is -0.129. The number of hydrogen-bond acceptors (Lipinski definition) is 5. The molecule has 2 amide bonds. The van der Waals surface area contributed by atoms with Crippen LogP contribution in [0, 0.1) is 5.82 Å². The lowest BCUT2D eigenvalue weighted by Crippen LogP contribution is -2.63. The first kappa shape index (κ1) is 22.8. The highest BCUT2D eigenvalue weighted by Gasteiger charge is 2.47. The smallest absolute Gasteiger partial charge is 0.253 e. The van der Waals surface area contributed by atoms with Crippen LogP contribution in [0.1, 0.15) is 54.9 Å². The van der Waals surface area contributed by atoms with Crippen LogP contribution in [0.4, 0.5) is 4.39 Å². The van der Waals surface area contributed by atoms with Crippen LogP contribution < -0.4 is 16.0 Å². The first-order valence-corrected chi connectivity index (χ1v) is 11.2. The molecule has 8 nitrogen and oxygen atoms in total. The third kappa shape index (κ3) is 4.59. The summed E-state index contributed by atoms with van der Waals surface area (Å²) >= 11 is 0. The molecule has 3 aromatic heterocycles. The Kier molecular flexibility index (Phi) is 6.42. The molecular weight excluding hydrogens is 423 g/mol. The van der Waals surface area contributed by atoms with E-state index in [2.05, 4.69) is 26.0 Å². The number of hydrogen-bond donors (Lipinski definition) is 3. The Balaban J connectivity index is 1.65. The van der Waals surface area contributed by atoms with E-state index in [1.165, 1.54) is 18.6 Å². The predicted octanol–water partition coefficient (Wildman–Crippen LogP) is 2.42. The average Bonchev–Trinajstić information content (AvgIpc) is 3.27. The highest BCUT2D eigenvalue weighted by Crippen LogP contribution is 2.40. The van der Waals surface area contributed by atoms with E-state index in [-0.39, 0.29) is 23.9 Å². The van der Waals surface area contributed by atoms with Crippen LogP contribution in [0.5, 0.6) is 0 Å². The quantitative estimate of drug-likeness (QED) is 0.533. The number of aromatic nitrogens is 3. The van der Waals surface area contributed by atoms with Gasteiger partial charge in [0.25, 0.3) is 5.91 Å². The van der Waals surface area contributed by atoms with Crippen molar-refractivity contribution in [3.63, 3.8) is 0 Å². The fourth-order valence-electron chi connectivity index (χ4n) is 4.91. The molecule has 0 saturated heterocycles. The monoisotopic (exact) mass is 452 g/mol. The van der Waals surface area contributed by atoms with E-state index in [9.17, 15) is 14.0 Å². The van der Waals surface area contributed by atoms with Crippen LogP contribution in [-0.4, -0.2) is 51.1 Å². The number of carbonyl (C=O) groups excluding carboxylic acids is 2. The molecule has 3 aromatic rings. The maximum absolute atomic E-state index is 14.8. The summed E-state index contributed by atoms with van der Waals surface area (Å²) < 4.78 is 16.5. The minimum absolute atomic E-state index is 0.0521. The summed E-state index contributed by atoms with van der Waals surface area (Å²) in [6.07, 6.45) is 7.38. The number of likely N-dealkylation sites (N-methyl/N-ethyl adjacent to an activating group) is 1. The number of amides is 2. The molecule has 9 heteroatoms. The molecule has 3 N–H and O–H groups in total. The molecule has 1 aliphatic rings. The molecule has 3 atom stereocenters. The number of halogens is 1. The molecule has 0 aliphatic heterocycles. The SMILES string of the molecule is CNC(=O)[C@@]1(NC(C)C)CC[C@@H](NC(=O)c2cnn3cccc3c2)[C@@H](c2ccncc2F)C1. The summed E-state index contributed by atoms with van der Waals surface area (Å²) in [5, 5.41) is 13.5. The number of carbonyl (C=O) groups is 2. The number of nitrogens with one attached hydrogen (secondary N) is 3. The summed E-state index contributed by atoms with van der Waals surface area (Å²) in [6.45, 7) is 3.95. The fourth-order valence-corrected chi connectivity index (χ4v) is 4.91. The summed E-state index contributed by atoms with van der Waals surface area (Å²) in [5.74, 6) is -1.28. The minimum atomic E-state index is -0.864. The maximum Gasteiger partial charge on any atom is 0.253 e. The largest absolute Gasteiger partial charge is 0.358 e. The van der Waals surface area contributed by atoms with Crippen molar-refractivity contribution < 1.29 is 14.0 Å². The van der Waals surface area contributed by atoms with Gasteiger partial charge in [-0.3, -0.25) is 14.6 Å². The molecule has 1 aliphatic carbocycles. The van der Waals surface area contributed by atoms with Gasteiger partial charge in [0.1, 0.15) is 5.82 Å². The first-order valence-electron chi connectivity index (χ1n) is 11.2. The summed E-state index contributed by atoms with van der Waals surface area (Å²) in [4.78, 5) is 29.9. The Labute approximate surface area is 192 Å². The molecule has 1 fully saturated rings. The molecule has 3 heterocycles. The van der Waals surface area contributed by atoms with Crippen molar-refractivity contribution in [3.05, 3.63) is 66.0 Å². The molecular formula is C24H29FN6O2. The molecule has 33 heavy (non-hydrogen) atoms. The van der Waals surface area contributed by atoms with Crippen molar-refractivity contribution in [2.45, 2.75) is 56.7 Å². The van der Waals surface area contributed by atoms with Gasteiger partial charge in [-0.05, 0) is 62.9 Å². The van der Waals surface area contributed by atoms with Gasteiger partial charge in [0, 0.05) is 37.4 Å². The second-order valence-electron chi connectivity index (χ2n) is 8.91. The second kappa shape index (κ2) is 9.27. The molecule has 0 unspecified atom stereocenters. The van der Waals surface area contributed by atoms with E-state index in [0.29, 0.717) is 30.4 Å². The Morgan fingerprint density at radius 1 is 1.27 bits per heavy atom. The Bertz CT molecular complexity index is 1160. The fraction of sp³-hybridized carbons (Fsp3) is 0.417. The zero-order valence-electron chi connectivity index (χ0n) is 19.0. The van der Waals surface area contributed by atoms with E-state index in [1.54, 1.807) is 29.9 Å². The highest BCUT2D eigenvalue weighted by atomic mass is 19.1. The second-order valence-corrected chi connectivity index (χ2v) is 8.91. The summed E-state index contributed by atoms with van der Waals surface area (Å²) in [6, 6.07) is 6.81. The number of rotatable bonds is 6. The van der Waals surface area contributed by atoms with E-state index >= 15 is 0 Å². The summed E-state index contributed by atoms with van der Waals surface area (Å²) in [5.41, 5.74) is 0.812. The minimum Gasteiger partial charge on any atom is -0.358 e. The van der Waals surface area contributed by atoms with Crippen LogP contribution in [0.15, 0.2) is 49.1 Å². The van der Waals surface area contributed by atoms with Gasteiger partial charge < -0.3 is 16.0 Å². The van der Waals surface area contributed by atoms with Crippen LogP contribution in [-0.2, 0) is 4.79 Å². The molecule has 4 rings (SSSR count). The Hall–Kier alpha value is -3.33. The van der Waals surface area contributed by atoms with Crippen molar-refractivity contribution in [1.29, 1.82) is 0 Å². The van der Waals surface area contributed by atoms with Crippen LogP contribution in [0.2, 0.25) is 0 Å². The first-order chi connectivity index (χ1) is 15.8. The molecule has 0 bridgehead atoms. The van der Waals surface area contributed by atoms with Gasteiger partial charge in [0.2, 0.25) is 5.91 Å². The third-order valence-electron chi connectivity index (χ3n) is 6.33. The predicted molar refractivity (Wildman–Crippen MR) is 122 cm³/mol. The van der Waals surface area contributed by atoms with Gasteiger partial charge in [-0.2, -0.15) is 5.10 Å². The van der Waals surface area contributed by atoms with E-state index in [0.717, 1.165) is 5.52 Å². The lowest BCUT2D eigenvalue weighted by atomic mass is 9.69. The summed E-state index contributed by atoms with van der Waals surface area (Å²) in [7, 11) is 1.60. The van der Waals surface area contributed by atoms with E-state index < -0.39 is 17.3 Å². The van der Waals surface area contributed by atoms with Crippen LogP contribution in [0.3, 0.4) is 0 Å². The van der Waals surface area contributed by atoms with Crippen molar-refractivity contribution in [2.75, 3.05) is 7.05 Å². The molecule has 1 saturated carbocycles. The molecule has 0 aromatic carbocycles. The van der Waals surface area contributed by atoms with Gasteiger partial charge in [-0.1, -0.05) is 0 Å². The Morgan fingerprint density at radius 2 is 2.09 bits per heavy atom. The standard InChI is InChI=1S/C24H29FN6O2/c1-15(2)30-24(23(33)26-3)8-6-21(19(12-24)18-7-9-27-14-20(18)25)29-22(32)16-11-17-5-4-10-31(17)28-13-16/h4-5,7,9-11,13-15,19,21,30H,6,8,12H2,1-3H3,(H,26,33)(H,29,32)/t19-,21-,24-/m1/s1. The zero-order valence-corrected chi connectivity index (χ0v) is 19.0. The van der Waals surface area contributed by atoms with Gasteiger partial charge in [-0.15, -0.1) is 0 Å². The van der Waals surface area contributed by atoms with Gasteiger partial charge >= 0.3 is 0 Å². The molecule has 0 radical (unpaired) electrons. The zero-order chi connectivity index (χ0) is 23.6. The van der Waals surface area contributed by atoms with Crippen molar-refractivity contribution in [1.82, 2.24) is 30.5 Å². The number of pyridine rings is 1. The van der Waals surface area contributed by atoms with Gasteiger partial charge in [0.05, 0.1) is 29.0 Å². The van der Waals surface area contributed by atoms with E-state index in [1.807, 2.05) is 26.0 Å². The number of fused-ring (bicyclic) bond motifs is 1. The number of nitrogens with zero attached hydrogens (tertiary/aromatic N) is 3. The van der Waals surface area contributed by atoms with E-state index in [4.69, 9.17) is 0 Å². The molecule has 0 spiro atoms. The average molecular weight is 453 g/mol. The van der Waals surface area contributed by atoms with Crippen molar-refractivity contribution in [3.8, 4) is 0 Å². The van der Waals surface area contributed by atoms with Crippen LogP contribution in [0.25, 0.3) is 5.52 Å². The normalized spacial score (nSPS) is 22.9. The topological polar surface area (TPSA) is 100 Å². The van der Waals surface area contributed by atoms with Crippen molar-refractivity contribution in [2.24, 2.45) is 0 Å². The molecule has 174 valence electrons. The van der Waals surface area contributed by atoms with Crippen LogP contribution >= 0.6 is 0 Å². The Morgan fingerprint density at radius 3 is 2.82 bits per heavy atom. The highest BCUT2D eigenvalue weighted by molar-refractivity contribution is 5.95. The van der Waals surface area contributed by atoms with Gasteiger partial charge in [-0.25, -0.2) is 8.91 Å². The van der Waals surface area contributed by atoms with Gasteiger partial charge in [0.15, 0.2) is 0 Å².